The molecule has 0 amide bonds. The molecule has 0 saturated carbocycles. The van der Waals surface area contributed by atoms with Crippen LogP contribution in [0.15, 0.2) is 0 Å². The molecule has 0 atom stereocenters. The van der Waals surface area contributed by atoms with Crippen LogP contribution in [0.1, 0.15) is 104 Å². The molecule has 0 aliphatic carbocycles. The van der Waals surface area contributed by atoms with E-state index in [9.17, 15) is 0 Å². The maximum absolute atomic E-state index is 7.53. The summed E-state index contributed by atoms with van der Waals surface area (Å²) < 4.78 is 3.69. The minimum Gasteiger partial charge on any atom is -0.456 e. The molecule has 0 rings (SSSR count). The van der Waals surface area contributed by atoms with Crippen LogP contribution < -0.4 is 0 Å². The minimum atomic E-state index is 0.375. The van der Waals surface area contributed by atoms with Gasteiger partial charge in [0, 0.05) is 0 Å². The first kappa shape index (κ1) is 23.3. The van der Waals surface area contributed by atoms with Crippen molar-refractivity contribution >= 4 is 15.4 Å². The van der Waals surface area contributed by atoms with Crippen LogP contribution in [-0.2, 0) is 4.57 Å². The normalized spacial score (nSPS) is 9.90. The van der Waals surface area contributed by atoms with Gasteiger partial charge in [-0.1, -0.05) is 104 Å². The van der Waals surface area contributed by atoms with Crippen LogP contribution in [0.4, 0.5) is 0 Å². The van der Waals surface area contributed by atoms with Gasteiger partial charge in [-0.25, -0.2) is 0 Å². The van der Waals surface area contributed by atoms with Crippen LogP contribution in [0.5, 0.6) is 0 Å². The molecule has 0 spiro atoms. The van der Waals surface area contributed by atoms with E-state index in [1.807, 2.05) is 0 Å². The average molecular weight is 298 g/mol. The van der Waals surface area contributed by atoms with E-state index in [0.717, 1.165) is 0 Å². The summed E-state index contributed by atoms with van der Waals surface area (Å²) in [5.41, 5.74) is 0. The van der Waals surface area contributed by atoms with E-state index in [1.165, 1.54) is 89.9 Å². The third-order valence-corrected chi connectivity index (χ3v) is 3.58. The zero-order chi connectivity index (χ0) is 16.0. The molecular formula is C16H36B2O3. The smallest absolute Gasteiger partial charge is 0.456 e. The lowest BCUT2D eigenvalue weighted by atomic mass is 10.0. The summed E-state index contributed by atoms with van der Waals surface area (Å²) in [7, 11) is 0.750. The first-order valence-corrected chi connectivity index (χ1v) is 8.90. The SMILES string of the molecule is CCCCCCCCCCCCCCCC.O[B]O[B]O. The molecule has 124 valence electrons. The van der Waals surface area contributed by atoms with Crippen LogP contribution in [0, 0.1) is 0 Å². The second kappa shape index (κ2) is 25.0. The van der Waals surface area contributed by atoms with Crippen LogP contribution in [0.25, 0.3) is 0 Å². The summed E-state index contributed by atoms with van der Waals surface area (Å²) >= 11 is 0. The maximum Gasteiger partial charge on any atom is 0.469 e. The van der Waals surface area contributed by atoms with E-state index >= 15 is 0 Å². The van der Waals surface area contributed by atoms with Gasteiger partial charge >= 0.3 is 15.4 Å². The molecule has 0 heterocycles. The van der Waals surface area contributed by atoms with Crippen LogP contribution in [0.2, 0.25) is 0 Å². The summed E-state index contributed by atoms with van der Waals surface area (Å²) in [4.78, 5) is 0. The molecule has 3 nitrogen and oxygen atoms in total. The van der Waals surface area contributed by atoms with E-state index in [-0.39, 0.29) is 0 Å². The molecule has 0 fully saturated rings. The van der Waals surface area contributed by atoms with Gasteiger partial charge in [0.15, 0.2) is 0 Å². The van der Waals surface area contributed by atoms with Crippen LogP contribution >= 0.6 is 0 Å². The van der Waals surface area contributed by atoms with Crippen molar-refractivity contribution in [2.45, 2.75) is 104 Å². The van der Waals surface area contributed by atoms with Gasteiger partial charge in [-0.3, -0.25) is 0 Å². The van der Waals surface area contributed by atoms with E-state index in [1.54, 1.807) is 0 Å². The number of hydrogen-bond acceptors (Lipinski definition) is 3. The molecule has 2 radical (unpaired) electrons. The summed E-state index contributed by atoms with van der Waals surface area (Å²) in [5.74, 6) is 0. The Balaban J connectivity index is 0. The molecule has 0 aromatic rings. The zero-order valence-corrected chi connectivity index (χ0v) is 14.4. The molecule has 0 unspecified atom stereocenters. The van der Waals surface area contributed by atoms with E-state index < -0.39 is 0 Å². The fraction of sp³-hybridized carbons (Fsp3) is 1.00. The van der Waals surface area contributed by atoms with Crippen LogP contribution in [-0.4, -0.2) is 25.4 Å². The Bertz CT molecular complexity index is 144. The van der Waals surface area contributed by atoms with Gasteiger partial charge < -0.3 is 14.6 Å². The third-order valence-electron chi connectivity index (χ3n) is 3.58. The molecule has 0 aliphatic heterocycles. The fourth-order valence-corrected chi connectivity index (χ4v) is 2.29. The first-order chi connectivity index (χ1) is 10.3. The van der Waals surface area contributed by atoms with Gasteiger partial charge in [-0.15, -0.1) is 0 Å². The molecule has 0 aromatic carbocycles. The number of hydrogen-bond donors (Lipinski definition) is 2. The highest BCUT2D eigenvalue weighted by Gasteiger charge is 1.92. The molecule has 21 heavy (non-hydrogen) atoms. The number of rotatable bonds is 15. The molecule has 0 aliphatic rings. The fourth-order valence-electron chi connectivity index (χ4n) is 2.29. The standard InChI is InChI=1S/C16H34.B2H2O3/c1-3-5-7-9-11-13-15-16-14-12-10-8-6-4-2;3-1-5-2-4/h3-16H2,1-2H3;3-4H. The van der Waals surface area contributed by atoms with Gasteiger partial charge in [-0.05, 0) is 0 Å². The van der Waals surface area contributed by atoms with Crippen molar-refractivity contribution < 1.29 is 14.6 Å². The molecule has 5 heteroatoms. The van der Waals surface area contributed by atoms with E-state index in [2.05, 4.69) is 18.4 Å². The predicted molar refractivity (Wildman–Crippen MR) is 93.0 cm³/mol. The molecular weight excluding hydrogens is 262 g/mol. The van der Waals surface area contributed by atoms with Gasteiger partial charge in [0.05, 0.1) is 0 Å². The Kier molecular flexibility index (Phi) is 27.7. The predicted octanol–water partition coefficient (Wildman–Crippen LogP) is 4.54. The largest absolute Gasteiger partial charge is 0.469 e. The lowest BCUT2D eigenvalue weighted by Gasteiger charge is -2.02. The van der Waals surface area contributed by atoms with Gasteiger partial charge in [0.25, 0.3) is 0 Å². The Labute approximate surface area is 134 Å². The van der Waals surface area contributed by atoms with Gasteiger partial charge in [0.2, 0.25) is 0 Å². The minimum absolute atomic E-state index is 0.375. The highest BCUT2D eigenvalue weighted by molar-refractivity contribution is 6.32. The molecule has 0 aromatic heterocycles. The highest BCUT2D eigenvalue weighted by atomic mass is 16.5. The molecule has 0 saturated heterocycles. The van der Waals surface area contributed by atoms with Crippen molar-refractivity contribution in [1.29, 1.82) is 0 Å². The lowest BCUT2D eigenvalue weighted by Crippen LogP contribution is -2.00. The first-order valence-electron chi connectivity index (χ1n) is 8.90. The average Bonchev–Trinajstić information content (AvgIpc) is 2.50. The monoisotopic (exact) mass is 298 g/mol. The molecule has 2 N–H and O–H groups in total. The topological polar surface area (TPSA) is 49.7 Å². The van der Waals surface area contributed by atoms with Gasteiger partial charge in [0.1, 0.15) is 0 Å². The summed E-state index contributed by atoms with van der Waals surface area (Å²) in [6.07, 6.45) is 20.4. The second-order valence-electron chi connectivity index (χ2n) is 5.59. The van der Waals surface area contributed by atoms with E-state index in [4.69, 9.17) is 10.0 Å². The quantitative estimate of drug-likeness (QED) is 0.344. The third kappa shape index (κ3) is 28.8. The Morgan fingerprint density at radius 1 is 0.524 bits per heavy atom. The Morgan fingerprint density at radius 2 is 0.762 bits per heavy atom. The van der Waals surface area contributed by atoms with Crippen molar-refractivity contribution in [2.24, 2.45) is 0 Å². The van der Waals surface area contributed by atoms with Crippen molar-refractivity contribution in [2.75, 3.05) is 0 Å². The van der Waals surface area contributed by atoms with Crippen molar-refractivity contribution in [3.63, 3.8) is 0 Å². The number of unbranched alkanes of at least 4 members (excludes halogenated alkanes) is 13. The highest BCUT2D eigenvalue weighted by Crippen LogP contribution is 2.12. The Hall–Kier alpha value is 0.00987. The maximum atomic E-state index is 7.53. The van der Waals surface area contributed by atoms with Gasteiger partial charge in [-0.2, -0.15) is 0 Å². The van der Waals surface area contributed by atoms with Crippen molar-refractivity contribution in [1.82, 2.24) is 0 Å². The summed E-state index contributed by atoms with van der Waals surface area (Å²) in [6, 6.07) is 0. The van der Waals surface area contributed by atoms with E-state index in [0.29, 0.717) is 15.4 Å². The van der Waals surface area contributed by atoms with Crippen molar-refractivity contribution in [3.8, 4) is 0 Å². The van der Waals surface area contributed by atoms with Crippen LogP contribution in [0.3, 0.4) is 0 Å². The van der Waals surface area contributed by atoms with Crippen molar-refractivity contribution in [3.05, 3.63) is 0 Å². The second-order valence-corrected chi connectivity index (χ2v) is 5.59. The Morgan fingerprint density at radius 3 is 0.905 bits per heavy atom. The summed E-state index contributed by atoms with van der Waals surface area (Å²) in [6.45, 7) is 4.58. The molecule has 0 bridgehead atoms. The lowest BCUT2D eigenvalue weighted by molar-refractivity contribution is 0.408. The summed E-state index contributed by atoms with van der Waals surface area (Å²) in [5, 5.41) is 15.1. The zero-order valence-electron chi connectivity index (χ0n) is 14.4.